The Hall–Kier alpha value is -4.85. The van der Waals surface area contributed by atoms with Crippen LogP contribution in [0.4, 0.5) is 0 Å². The van der Waals surface area contributed by atoms with Gasteiger partial charge in [-0.1, -0.05) is 13.8 Å². The SMILES string of the molecule is CC(C)[C@H](NC(=O)[C@H](CC(=O)O)NC(=O)[C@@H](N)CC(=O)O)C(=O)N[C@@H](C)C(=O)N[C@@H](CO)C(=O)N[C@@H](CC(=O)O)C(=O)O. The second kappa shape index (κ2) is 17.9. The second-order valence-electron chi connectivity index (χ2n) is 9.56. The van der Waals surface area contributed by atoms with Gasteiger partial charge in [0.2, 0.25) is 29.5 Å². The standard InChI is InChI=1S/C23H36N6O14/c1-8(2)17(29-20(39)11(5-15(33)34)26-19(38)10(24)4-14(31)32)22(41)25-9(3)18(37)28-13(7-30)21(40)27-12(23(42)43)6-16(35)36/h8-13,17,30H,4-7,24H2,1-3H3,(H,25,41)(H,26,38)(H,27,40)(H,28,37)(H,29,39)(H,31,32)(H,33,34)(H,35,36)(H,42,43)/t9-,10-,11-,12-,13-,17-/m0/s1. The van der Waals surface area contributed by atoms with Crippen LogP contribution in [0.2, 0.25) is 0 Å². The van der Waals surface area contributed by atoms with E-state index in [4.69, 9.17) is 26.2 Å². The van der Waals surface area contributed by atoms with Crippen molar-refractivity contribution in [1.82, 2.24) is 26.6 Å². The lowest BCUT2D eigenvalue weighted by Gasteiger charge is -2.27. The number of aliphatic hydroxyl groups excluding tert-OH is 1. The molecule has 0 aromatic carbocycles. The highest BCUT2D eigenvalue weighted by Crippen LogP contribution is 2.06. The highest BCUT2D eigenvalue weighted by atomic mass is 16.4. The zero-order valence-electron chi connectivity index (χ0n) is 23.4. The fourth-order valence-electron chi connectivity index (χ4n) is 3.24. The van der Waals surface area contributed by atoms with Crippen molar-refractivity contribution in [1.29, 1.82) is 0 Å². The summed E-state index contributed by atoms with van der Waals surface area (Å²) in [7, 11) is 0. The van der Waals surface area contributed by atoms with Gasteiger partial charge in [-0.25, -0.2) is 4.79 Å². The van der Waals surface area contributed by atoms with Gasteiger partial charge in [0.1, 0.15) is 30.2 Å². The van der Waals surface area contributed by atoms with Crippen molar-refractivity contribution in [3.05, 3.63) is 0 Å². The number of nitrogens with two attached hydrogens (primary N) is 1. The molecule has 0 aliphatic rings. The molecule has 0 unspecified atom stereocenters. The van der Waals surface area contributed by atoms with Crippen LogP contribution in [0.5, 0.6) is 0 Å². The Labute approximate surface area is 243 Å². The van der Waals surface area contributed by atoms with E-state index in [1.807, 2.05) is 10.6 Å². The number of carbonyl (C=O) groups is 9. The number of rotatable bonds is 19. The van der Waals surface area contributed by atoms with Crippen molar-refractivity contribution in [2.75, 3.05) is 6.61 Å². The number of nitrogens with one attached hydrogen (secondary N) is 5. The summed E-state index contributed by atoms with van der Waals surface area (Å²) in [6.45, 7) is 3.07. The van der Waals surface area contributed by atoms with E-state index in [2.05, 4.69) is 16.0 Å². The highest BCUT2D eigenvalue weighted by molar-refractivity contribution is 5.97. The van der Waals surface area contributed by atoms with Crippen molar-refractivity contribution in [2.45, 2.75) is 76.3 Å². The van der Waals surface area contributed by atoms with Gasteiger partial charge in [0, 0.05) is 0 Å². The molecule has 5 amide bonds. The molecule has 0 spiro atoms. The number of hydrogen-bond acceptors (Lipinski definition) is 11. The molecule has 0 bridgehead atoms. The normalized spacial score (nSPS) is 14.9. The number of hydrogen-bond donors (Lipinski definition) is 11. The molecule has 0 fully saturated rings. The van der Waals surface area contributed by atoms with Crippen LogP contribution in [0.3, 0.4) is 0 Å². The molecule has 20 nitrogen and oxygen atoms in total. The highest BCUT2D eigenvalue weighted by Gasteiger charge is 2.33. The van der Waals surface area contributed by atoms with Crippen molar-refractivity contribution in [2.24, 2.45) is 11.7 Å². The van der Waals surface area contributed by atoms with Crippen molar-refractivity contribution >= 4 is 53.4 Å². The lowest BCUT2D eigenvalue weighted by atomic mass is 10.0. The van der Waals surface area contributed by atoms with Crippen LogP contribution in [-0.4, -0.2) is 122 Å². The maximum Gasteiger partial charge on any atom is 0.326 e. The smallest absolute Gasteiger partial charge is 0.326 e. The molecule has 0 rings (SSSR count). The minimum atomic E-state index is -1.87. The van der Waals surface area contributed by atoms with Gasteiger partial charge in [0.05, 0.1) is 31.9 Å². The van der Waals surface area contributed by atoms with Gasteiger partial charge in [0.15, 0.2) is 0 Å². The first kappa shape index (κ1) is 38.1. The maximum absolute atomic E-state index is 12.9. The molecule has 6 atom stereocenters. The lowest BCUT2D eigenvalue weighted by molar-refractivity contribution is -0.147. The number of carboxylic acid groups (broad SMARTS) is 4. The third-order valence-electron chi connectivity index (χ3n) is 5.55. The topological polar surface area (TPSA) is 341 Å². The van der Waals surface area contributed by atoms with Crippen LogP contribution < -0.4 is 32.3 Å². The van der Waals surface area contributed by atoms with E-state index in [-0.39, 0.29) is 0 Å². The molecule has 20 heteroatoms. The summed E-state index contributed by atoms with van der Waals surface area (Å²) in [5.74, 6) is -12.4. The van der Waals surface area contributed by atoms with Crippen LogP contribution in [-0.2, 0) is 43.2 Å². The van der Waals surface area contributed by atoms with E-state index >= 15 is 0 Å². The first-order valence-electron chi connectivity index (χ1n) is 12.6. The summed E-state index contributed by atoms with van der Waals surface area (Å²) in [5, 5.41) is 55.6. The fraction of sp³-hybridized carbons (Fsp3) is 0.609. The molecule has 0 saturated carbocycles. The average Bonchev–Trinajstić information content (AvgIpc) is 2.87. The Morgan fingerprint density at radius 2 is 1.00 bits per heavy atom. The predicted octanol–water partition coefficient (Wildman–Crippen LogP) is -5.09. The van der Waals surface area contributed by atoms with Crippen molar-refractivity contribution in [3.63, 3.8) is 0 Å². The zero-order valence-corrected chi connectivity index (χ0v) is 23.4. The minimum absolute atomic E-state index is 0.673. The molecular formula is C23H36N6O14. The van der Waals surface area contributed by atoms with Gasteiger partial charge in [-0.15, -0.1) is 0 Å². The summed E-state index contributed by atoms with van der Waals surface area (Å²) >= 11 is 0. The molecule has 43 heavy (non-hydrogen) atoms. The largest absolute Gasteiger partial charge is 0.481 e. The van der Waals surface area contributed by atoms with Crippen molar-refractivity contribution in [3.8, 4) is 0 Å². The number of aliphatic hydroxyl groups is 1. The average molecular weight is 621 g/mol. The Morgan fingerprint density at radius 1 is 0.558 bits per heavy atom. The first-order chi connectivity index (χ1) is 19.8. The Kier molecular flexibility index (Phi) is 15.8. The number of aliphatic carboxylic acids is 4. The van der Waals surface area contributed by atoms with Crippen molar-refractivity contribution < 1.29 is 68.7 Å². The molecule has 242 valence electrons. The van der Waals surface area contributed by atoms with E-state index in [9.17, 15) is 48.3 Å². The van der Waals surface area contributed by atoms with Crippen LogP contribution in [0, 0.1) is 5.92 Å². The monoisotopic (exact) mass is 620 g/mol. The zero-order chi connectivity index (χ0) is 33.6. The lowest BCUT2D eigenvalue weighted by Crippen LogP contribution is -2.60. The third-order valence-corrected chi connectivity index (χ3v) is 5.55. The van der Waals surface area contributed by atoms with E-state index in [1.165, 1.54) is 13.8 Å². The first-order valence-corrected chi connectivity index (χ1v) is 12.6. The molecule has 0 aliphatic carbocycles. The van der Waals surface area contributed by atoms with Gasteiger partial charge in [0.25, 0.3) is 0 Å². The Balaban J connectivity index is 5.50. The van der Waals surface area contributed by atoms with Crippen LogP contribution in [0.25, 0.3) is 0 Å². The van der Waals surface area contributed by atoms with Gasteiger partial charge < -0.3 is 57.9 Å². The van der Waals surface area contributed by atoms with Crippen LogP contribution in [0.1, 0.15) is 40.0 Å². The molecule has 0 heterocycles. The summed E-state index contributed by atoms with van der Waals surface area (Å²) in [4.78, 5) is 107. The molecule has 0 aliphatic heterocycles. The molecule has 0 aromatic rings. The third kappa shape index (κ3) is 14.1. The summed E-state index contributed by atoms with van der Waals surface area (Å²) in [6, 6.07) is -9.82. The van der Waals surface area contributed by atoms with Crippen LogP contribution in [0.15, 0.2) is 0 Å². The summed E-state index contributed by atoms with van der Waals surface area (Å²) < 4.78 is 0. The Morgan fingerprint density at radius 3 is 1.44 bits per heavy atom. The minimum Gasteiger partial charge on any atom is -0.481 e. The van der Waals surface area contributed by atoms with E-state index in [0.717, 1.165) is 6.92 Å². The summed E-state index contributed by atoms with van der Waals surface area (Å²) in [6.07, 6.45) is -2.76. The van der Waals surface area contributed by atoms with Gasteiger partial charge in [-0.3, -0.25) is 38.4 Å². The Bertz CT molecular complexity index is 1100. The van der Waals surface area contributed by atoms with Gasteiger partial charge in [-0.05, 0) is 12.8 Å². The maximum atomic E-state index is 12.9. The second-order valence-corrected chi connectivity index (χ2v) is 9.56. The number of carbonyl (C=O) groups excluding carboxylic acids is 5. The van der Waals surface area contributed by atoms with Gasteiger partial charge >= 0.3 is 23.9 Å². The molecule has 0 saturated heterocycles. The predicted molar refractivity (Wildman–Crippen MR) is 140 cm³/mol. The molecule has 12 N–H and O–H groups in total. The summed E-state index contributed by atoms with van der Waals surface area (Å²) in [5.41, 5.74) is 5.43. The van der Waals surface area contributed by atoms with Crippen LogP contribution >= 0.6 is 0 Å². The van der Waals surface area contributed by atoms with E-state index < -0.39 is 121 Å². The fourth-order valence-corrected chi connectivity index (χ4v) is 3.24. The molecule has 0 aromatic heterocycles. The van der Waals surface area contributed by atoms with E-state index in [1.54, 1.807) is 0 Å². The van der Waals surface area contributed by atoms with E-state index in [0.29, 0.717) is 0 Å². The quantitative estimate of drug-likeness (QED) is 0.0643. The molecule has 0 radical (unpaired) electrons. The number of amides is 5. The van der Waals surface area contributed by atoms with Gasteiger partial charge in [-0.2, -0.15) is 0 Å². The molecular weight excluding hydrogens is 584 g/mol. The number of carboxylic acids is 4.